The number of hydrazine groups is 1. The van der Waals surface area contributed by atoms with Gasteiger partial charge < -0.3 is 0 Å². The molecule has 0 fully saturated rings. The van der Waals surface area contributed by atoms with Crippen molar-refractivity contribution in [3.8, 4) is 0 Å². The van der Waals surface area contributed by atoms with Crippen molar-refractivity contribution < 1.29 is 13.2 Å². The first-order valence-corrected chi connectivity index (χ1v) is 9.11. The average molecular weight is 338 g/mol. The summed E-state index contributed by atoms with van der Waals surface area (Å²) in [5.41, 5.74) is 4.25. The third-order valence-electron chi connectivity index (χ3n) is 3.20. The molecular weight excluding hydrogens is 320 g/mol. The molecule has 0 aliphatic heterocycles. The lowest BCUT2D eigenvalue weighted by Gasteiger charge is -2.07. The Morgan fingerprint density at radius 3 is 2.36 bits per heavy atom. The molecule has 0 aliphatic carbocycles. The zero-order chi connectivity index (χ0) is 16.3. The van der Waals surface area contributed by atoms with E-state index in [1.807, 2.05) is 20.8 Å². The Kier molecular flexibility index (Phi) is 5.00. The molecule has 0 spiro atoms. The summed E-state index contributed by atoms with van der Waals surface area (Å²) in [6.45, 7) is 5.82. The van der Waals surface area contributed by atoms with E-state index in [0.717, 1.165) is 22.4 Å². The first-order valence-electron chi connectivity index (χ1n) is 6.81. The van der Waals surface area contributed by atoms with E-state index < -0.39 is 15.9 Å². The number of aryl methyl sites for hydroxylation is 3. The number of nitrogens with one attached hydrogen (secondary N) is 2. The molecule has 118 valence electrons. The van der Waals surface area contributed by atoms with Gasteiger partial charge in [-0.3, -0.25) is 10.2 Å². The van der Waals surface area contributed by atoms with Gasteiger partial charge in [-0.1, -0.05) is 24.6 Å². The zero-order valence-electron chi connectivity index (χ0n) is 12.6. The zero-order valence-corrected chi connectivity index (χ0v) is 14.3. The summed E-state index contributed by atoms with van der Waals surface area (Å²) in [6.07, 6.45) is 0.846. The molecule has 0 atom stereocenters. The van der Waals surface area contributed by atoms with E-state index in [0.29, 0.717) is 4.88 Å². The fourth-order valence-corrected chi connectivity index (χ4v) is 3.78. The van der Waals surface area contributed by atoms with E-state index in [2.05, 4.69) is 10.3 Å². The van der Waals surface area contributed by atoms with Crippen LogP contribution in [-0.4, -0.2) is 14.3 Å². The number of thiophene rings is 1. The monoisotopic (exact) mass is 338 g/mol. The Bertz CT molecular complexity index is 778. The molecule has 2 rings (SSSR count). The van der Waals surface area contributed by atoms with Gasteiger partial charge in [0.2, 0.25) is 0 Å². The lowest BCUT2D eigenvalue weighted by Crippen LogP contribution is -2.41. The first kappa shape index (κ1) is 16.7. The molecule has 2 N–H and O–H groups in total. The molecule has 2 aromatic rings. The van der Waals surface area contributed by atoms with Gasteiger partial charge in [-0.05, 0) is 44.0 Å². The molecule has 0 saturated heterocycles. The molecule has 5 nitrogen and oxygen atoms in total. The van der Waals surface area contributed by atoms with Crippen LogP contribution in [0.1, 0.15) is 32.6 Å². The van der Waals surface area contributed by atoms with Crippen molar-refractivity contribution in [2.45, 2.75) is 32.1 Å². The highest BCUT2D eigenvalue weighted by Crippen LogP contribution is 2.22. The number of hydrogen-bond acceptors (Lipinski definition) is 4. The van der Waals surface area contributed by atoms with Gasteiger partial charge in [0.1, 0.15) is 0 Å². The number of amides is 1. The third kappa shape index (κ3) is 3.73. The lowest BCUT2D eigenvalue weighted by molar-refractivity contribution is 0.0949. The second-order valence-corrected chi connectivity index (χ2v) is 7.76. The van der Waals surface area contributed by atoms with Gasteiger partial charge in [0.05, 0.1) is 9.77 Å². The van der Waals surface area contributed by atoms with Crippen LogP contribution in [0.4, 0.5) is 0 Å². The van der Waals surface area contributed by atoms with Crippen LogP contribution in [0.2, 0.25) is 0 Å². The van der Waals surface area contributed by atoms with Crippen LogP contribution in [0.25, 0.3) is 0 Å². The number of carbonyl (C=O) groups is 1. The fraction of sp³-hybridized carbons (Fsp3) is 0.267. The second-order valence-electron chi connectivity index (χ2n) is 4.94. The quantitative estimate of drug-likeness (QED) is 0.823. The molecule has 0 unspecified atom stereocenters. The first-order chi connectivity index (χ1) is 10.3. The normalized spacial score (nSPS) is 11.4. The van der Waals surface area contributed by atoms with Crippen LogP contribution in [0.5, 0.6) is 0 Å². The van der Waals surface area contributed by atoms with E-state index in [1.165, 1.54) is 23.5 Å². The van der Waals surface area contributed by atoms with Gasteiger partial charge in [-0.25, -0.2) is 8.42 Å². The van der Waals surface area contributed by atoms with Crippen LogP contribution in [0, 0.1) is 13.8 Å². The van der Waals surface area contributed by atoms with Crippen LogP contribution >= 0.6 is 11.3 Å². The van der Waals surface area contributed by atoms with Crippen molar-refractivity contribution >= 4 is 27.3 Å². The molecule has 1 amide bonds. The van der Waals surface area contributed by atoms with Gasteiger partial charge in [-0.15, -0.1) is 16.2 Å². The summed E-state index contributed by atoms with van der Waals surface area (Å²) in [6, 6.07) is 8.15. The van der Waals surface area contributed by atoms with E-state index in [-0.39, 0.29) is 4.90 Å². The maximum atomic E-state index is 12.1. The van der Waals surface area contributed by atoms with Gasteiger partial charge in [0.15, 0.2) is 0 Å². The summed E-state index contributed by atoms with van der Waals surface area (Å²) in [7, 11) is -3.77. The van der Waals surface area contributed by atoms with Crippen molar-refractivity contribution in [1.82, 2.24) is 10.3 Å². The standard InChI is InChI=1S/C15H18N2O3S2/c1-4-13-11(3)9-14(21-13)15(18)16-17-22(19,20)12-7-5-10(2)6-8-12/h5-9,17H,4H2,1-3H3,(H,16,18). The number of sulfonamides is 1. The number of rotatable bonds is 5. The van der Waals surface area contributed by atoms with Crippen LogP contribution in [0.15, 0.2) is 35.2 Å². The molecule has 1 heterocycles. The predicted molar refractivity (Wildman–Crippen MR) is 87.4 cm³/mol. The third-order valence-corrected chi connectivity index (χ3v) is 5.84. The van der Waals surface area contributed by atoms with Gasteiger partial charge in [0, 0.05) is 4.88 Å². The summed E-state index contributed by atoms with van der Waals surface area (Å²) in [5, 5.41) is 0. The van der Waals surface area contributed by atoms with E-state index in [9.17, 15) is 13.2 Å². The minimum absolute atomic E-state index is 0.106. The van der Waals surface area contributed by atoms with E-state index in [1.54, 1.807) is 18.2 Å². The SMILES string of the molecule is CCc1sc(C(=O)NNS(=O)(=O)c2ccc(C)cc2)cc1C. The molecular formula is C15H18N2O3S2. The van der Waals surface area contributed by atoms with Crippen molar-refractivity contribution in [2.24, 2.45) is 0 Å². The highest BCUT2D eigenvalue weighted by atomic mass is 32.2. The molecule has 7 heteroatoms. The summed E-state index contributed by atoms with van der Waals surface area (Å²) in [4.78, 5) is 15.9. The highest BCUT2D eigenvalue weighted by molar-refractivity contribution is 7.89. The van der Waals surface area contributed by atoms with Gasteiger partial charge in [-0.2, -0.15) is 0 Å². The molecule has 0 bridgehead atoms. The van der Waals surface area contributed by atoms with Crippen molar-refractivity contribution in [3.05, 3.63) is 51.2 Å². The largest absolute Gasteiger partial charge is 0.276 e. The second kappa shape index (κ2) is 6.60. The van der Waals surface area contributed by atoms with Gasteiger partial charge in [0.25, 0.3) is 15.9 Å². The minimum atomic E-state index is -3.77. The minimum Gasteiger partial charge on any atom is -0.273 e. The topological polar surface area (TPSA) is 75.3 Å². The van der Waals surface area contributed by atoms with Crippen molar-refractivity contribution in [3.63, 3.8) is 0 Å². The fourth-order valence-electron chi connectivity index (χ4n) is 1.93. The number of hydrogen-bond donors (Lipinski definition) is 2. The highest BCUT2D eigenvalue weighted by Gasteiger charge is 2.17. The maximum Gasteiger partial charge on any atom is 0.276 e. The van der Waals surface area contributed by atoms with Crippen LogP contribution in [0.3, 0.4) is 0 Å². The Morgan fingerprint density at radius 1 is 1.18 bits per heavy atom. The van der Waals surface area contributed by atoms with Gasteiger partial charge >= 0.3 is 0 Å². The Labute approximate surface area is 134 Å². The summed E-state index contributed by atoms with van der Waals surface area (Å²) in [5.74, 6) is -0.455. The average Bonchev–Trinajstić information content (AvgIpc) is 2.86. The van der Waals surface area contributed by atoms with Crippen molar-refractivity contribution in [2.75, 3.05) is 0 Å². The molecule has 0 saturated carbocycles. The Morgan fingerprint density at radius 2 is 1.82 bits per heavy atom. The molecule has 1 aromatic heterocycles. The van der Waals surface area contributed by atoms with Crippen LogP contribution < -0.4 is 10.3 Å². The van der Waals surface area contributed by atoms with Crippen molar-refractivity contribution in [1.29, 1.82) is 0 Å². The molecule has 0 aliphatic rings. The molecule has 0 radical (unpaired) electrons. The maximum absolute atomic E-state index is 12.1. The Hall–Kier alpha value is -1.70. The predicted octanol–water partition coefficient (Wildman–Crippen LogP) is 2.55. The Balaban J connectivity index is 2.08. The smallest absolute Gasteiger partial charge is 0.273 e. The lowest BCUT2D eigenvalue weighted by atomic mass is 10.2. The number of carbonyl (C=O) groups excluding carboxylic acids is 1. The number of benzene rings is 1. The summed E-state index contributed by atoms with van der Waals surface area (Å²) >= 11 is 1.37. The summed E-state index contributed by atoms with van der Waals surface area (Å²) < 4.78 is 24.2. The molecule has 1 aromatic carbocycles. The molecule has 22 heavy (non-hydrogen) atoms. The van der Waals surface area contributed by atoms with E-state index >= 15 is 0 Å². The van der Waals surface area contributed by atoms with E-state index in [4.69, 9.17) is 0 Å². The van der Waals surface area contributed by atoms with Crippen LogP contribution in [-0.2, 0) is 16.4 Å².